The van der Waals surface area contributed by atoms with Gasteiger partial charge in [0.2, 0.25) is 5.78 Å². The monoisotopic (exact) mass is 405 g/mol. The molecule has 0 aliphatic heterocycles. The molecule has 0 aliphatic carbocycles. The second kappa shape index (κ2) is 8.06. The van der Waals surface area contributed by atoms with E-state index >= 15 is 0 Å². The molecule has 4 nitrogen and oxygen atoms in total. The third kappa shape index (κ3) is 4.28. The van der Waals surface area contributed by atoms with Gasteiger partial charge in [-0.2, -0.15) is 0 Å². The van der Waals surface area contributed by atoms with E-state index in [2.05, 4.69) is 4.57 Å². The Morgan fingerprint density at radius 1 is 1.19 bits per heavy atom. The first-order chi connectivity index (χ1) is 12.9. The SMILES string of the molecule is Cc1cc(C(=O)COC(=O)c2ccc(F)cc2Cl)c(C)n1Cc1cccs1. The van der Waals surface area contributed by atoms with E-state index in [1.165, 1.54) is 10.9 Å². The van der Waals surface area contributed by atoms with E-state index in [1.807, 2.05) is 31.4 Å². The summed E-state index contributed by atoms with van der Waals surface area (Å²) in [6.07, 6.45) is 0. The molecule has 0 radical (unpaired) electrons. The van der Waals surface area contributed by atoms with E-state index in [-0.39, 0.29) is 16.4 Å². The van der Waals surface area contributed by atoms with Crippen LogP contribution in [-0.2, 0) is 11.3 Å². The molecule has 0 amide bonds. The summed E-state index contributed by atoms with van der Waals surface area (Å²) in [4.78, 5) is 25.8. The van der Waals surface area contributed by atoms with Crippen molar-refractivity contribution in [3.05, 3.63) is 80.0 Å². The Bertz CT molecular complexity index is 995. The van der Waals surface area contributed by atoms with Crippen LogP contribution < -0.4 is 0 Å². The molecule has 2 heterocycles. The van der Waals surface area contributed by atoms with Crippen molar-refractivity contribution in [1.29, 1.82) is 0 Å². The van der Waals surface area contributed by atoms with Gasteiger partial charge in [-0.15, -0.1) is 11.3 Å². The highest BCUT2D eigenvalue weighted by Gasteiger charge is 2.19. The number of aryl methyl sites for hydroxylation is 1. The number of carbonyl (C=O) groups is 2. The van der Waals surface area contributed by atoms with Crippen molar-refractivity contribution in [2.75, 3.05) is 6.61 Å². The average molecular weight is 406 g/mol. The van der Waals surface area contributed by atoms with Crippen LogP contribution in [0.15, 0.2) is 41.8 Å². The molecule has 27 heavy (non-hydrogen) atoms. The Labute approximate surface area is 165 Å². The summed E-state index contributed by atoms with van der Waals surface area (Å²) in [7, 11) is 0. The number of ether oxygens (including phenoxy) is 1. The lowest BCUT2D eigenvalue weighted by atomic mass is 10.1. The zero-order chi connectivity index (χ0) is 19.6. The number of hydrogen-bond acceptors (Lipinski definition) is 4. The molecule has 0 aliphatic rings. The number of rotatable bonds is 6. The van der Waals surface area contributed by atoms with Crippen LogP contribution >= 0.6 is 22.9 Å². The molecule has 0 N–H and O–H groups in total. The Morgan fingerprint density at radius 2 is 1.96 bits per heavy atom. The van der Waals surface area contributed by atoms with Gasteiger partial charge >= 0.3 is 5.97 Å². The quantitative estimate of drug-likeness (QED) is 0.426. The first-order valence-electron chi connectivity index (χ1n) is 8.21. The molecule has 3 aromatic rings. The minimum Gasteiger partial charge on any atom is -0.454 e. The molecule has 1 aromatic carbocycles. The van der Waals surface area contributed by atoms with Crippen molar-refractivity contribution in [2.24, 2.45) is 0 Å². The molecule has 0 saturated heterocycles. The summed E-state index contributed by atoms with van der Waals surface area (Å²) < 4.78 is 20.2. The minimum absolute atomic E-state index is 0.0223. The van der Waals surface area contributed by atoms with Crippen LogP contribution in [0.5, 0.6) is 0 Å². The lowest BCUT2D eigenvalue weighted by Crippen LogP contribution is -2.15. The van der Waals surface area contributed by atoms with Gasteiger partial charge in [0.1, 0.15) is 5.82 Å². The summed E-state index contributed by atoms with van der Waals surface area (Å²) in [5.74, 6) is -1.61. The van der Waals surface area contributed by atoms with Crippen molar-refractivity contribution in [3.63, 3.8) is 0 Å². The molecule has 2 aromatic heterocycles. The number of Topliss-reactive ketones (excluding diaryl/α,β-unsaturated/α-hetero) is 1. The maximum atomic E-state index is 13.1. The summed E-state index contributed by atoms with van der Waals surface area (Å²) in [5.41, 5.74) is 2.31. The van der Waals surface area contributed by atoms with Gasteiger partial charge < -0.3 is 9.30 Å². The number of ketones is 1. The van der Waals surface area contributed by atoms with Crippen molar-refractivity contribution >= 4 is 34.7 Å². The molecule has 0 atom stereocenters. The van der Waals surface area contributed by atoms with Crippen molar-refractivity contribution in [2.45, 2.75) is 20.4 Å². The van der Waals surface area contributed by atoms with Crippen LogP contribution in [0.25, 0.3) is 0 Å². The minimum atomic E-state index is -0.763. The summed E-state index contributed by atoms with van der Waals surface area (Å²) in [5, 5.41) is 1.96. The van der Waals surface area contributed by atoms with E-state index in [0.717, 1.165) is 23.5 Å². The Hall–Kier alpha value is -2.44. The molecular weight excluding hydrogens is 389 g/mol. The molecule has 0 bridgehead atoms. The molecule has 0 unspecified atom stereocenters. The molecule has 0 spiro atoms. The fourth-order valence-corrected chi connectivity index (χ4v) is 3.76. The standard InChI is InChI=1S/C20H17ClFNO3S/c1-12-8-17(13(2)23(12)10-15-4-3-7-27-15)19(24)11-26-20(25)16-6-5-14(22)9-18(16)21/h3-9H,10-11H2,1-2H3. The highest BCUT2D eigenvalue weighted by molar-refractivity contribution is 7.09. The highest BCUT2D eigenvalue weighted by atomic mass is 35.5. The van der Waals surface area contributed by atoms with Crippen molar-refractivity contribution in [1.82, 2.24) is 4.57 Å². The van der Waals surface area contributed by atoms with Gasteiger partial charge in [0.05, 0.1) is 17.1 Å². The number of esters is 1. The third-order valence-corrected chi connectivity index (χ3v) is 5.43. The fraction of sp³-hybridized carbons (Fsp3) is 0.200. The van der Waals surface area contributed by atoms with E-state index in [4.69, 9.17) is 16.3 Å². The number of thiophene rings is 1. The van der Waals surface area contributed by atoms with Gasteiger partial charge in [0.15, 0.2) is 6.61 Å². The fourth-order valence-electron chi connectivity index (χ4n) is 2.83. The van der Waals surface area contributed by atoms with Crippen LogP contribution in [0.1, 0.15) is 37.0 Å². The molecule has 7 heteroatoms. The molecule has 0 saturated carbocycles. The highest BCUT2D eigenvalue weighted by Crippen LogP contribution is 2.21. The molecule has 0 fully saturated rings. The molecule has 3 rings (SSSR count). The first-order valence-corrected chi connectivity index (χ1v) is 9.47. The smallest absolute Gasteiger partial charge is 0.340 e. The number of benzene rings is 1. The zero-order valence-electron chi connectivity index (χ0n) is 14.8. The number of aromatic nitrogens is 1. The Morgan fingerprint density at radius 3 is 2.63 bits per heavy atom. The predicted molar refractivity (Wildman–Crippen MR) is 103 cm³/mol. The van der Waals surface area contributed by atoms with Crippen LogP contribution in [0.2, 0.25) is 5.02 Å². The van der Waals surface area contributed by atoms with Crippen molar-refractivity contribution < 1.29 is 18.7 Å². The number of nitrogens with zero attached hydrogens (tertiary/aromatic N) is 1. The summed E-state index contributed by atoms with van der Waals surface area (Å²) >= 11 is 7.50. The van der Waals surface area contributed by atoms with Gasteiger partial charge in [0, 0.05) is 21.8 Å². The Kier molecular flexibility index (Phi) is 5.77. The van der Waals surface area contributed by atoms with Gasteiger partial charge in [-0.25, -0.2) is 9.18 Å². The lowest BCUT2D eigenvalue weighted by Gasteiger charge is -2.09. The van der Waals surface area contributed by atoms with Gasteiger partial charge in [-0.3, -0.25) is 4.79 Å². The number of hydrogen-bond donors (Lipinski definition) is 0. The third-order valence-electron chi connectivity index (χ3n) is 4.25. The summed E-state index contributed by atoms with van der Waals surface area (Å²) in [6, 6.07) is 9.20. The van der Waals surface area contributed by atoms with E-state index in [1.54, 1.807) is 17.4 Å². The van der Waals surface area contributed by atoms with E-state index < -0.39 is 18.4 Å². The van der Waals surface area contributed by atoms with Crippen LogP contribution in [0.3, 0.4) is 0 Å². The van der Waals surface area contributed by atoms with Crippen molar-refractivity contribution in [3.8, 4) is 0 Å². The normalized spacial score (nSPS) is 10.8. The molecule has 140 valence electrons. The second-order valence-corrected chi connectivity index (χ2v) is 7.51. The zero-order valence-corrected chi connectivity index (χ0v) is 16.4. The lowest BCUT2D eigenvalue weighted by molar-refractivity contribution is 0.0474. The summed E-state index contributed by atoms with van der Waals surface area (Å²) in [6.45, 7) is 4.08. The van der Waals surface area contributed by atoms with Gasteiger partial charge in [-0.05, 0) is 49.6 Å². The van der Waals surface area contributed by atoms with Gasteiger partial charge in [-0.1, -0.05) is 17.7 Å². The van der Waals surface area contributed by atoms with Crippen LogP contribution in [-0.4, -0.2) is 22.9 Å². The van der Waals surface area contributed by atoms with E-state index in [0.29, 0.717) is 12.1 Å². The molecular formula is C20H17ClFNO3S. The number of carbonyl (C=O) groups excluding carboxylic acids is 2. The van der Waals surface area contributed by atoms with Crippen LogP contribution in [0, 0.1) is 19.7 Å². The maximum absolute atomic E-state index is 13.1. The van der Waals surface area contributed by atoms with Crippen LogP contribution in [0.4, 0.5) is 4.39 Å². The first kappa shape index (κ1) is 19.3. The average Bonchev–Trinajstić information content (AvgIpc) is 3.23. The predicted octanol–water partition coefficient (Wildman–Crippen LogP) is 5.05. The Balaban J connectivity index is 1.70. The maximum Gasteiger partial charge on any atom is 0.340 e. The largest absolute Gasteiger partial charge is 0.454 e. The number of halogens is 2. The second-order valence-electron chi connectivity index (χ2n) is 6.07. The van der Waals surface area contributed by atoms with Gasteiger partial charge in [0.25, 0.3) is 0 Å². The topological polar surface area (TPSA) is 48.3 Å². The van der Waals surface area contributed by atoms with E-state index in [9.17, 15) is 14.0 Å².